The number of nitrogens with one attached hydrogen (secondary N) is 1. The van der Waals surface area contributed by atoms with Gasteiger partial charge >= 0.3 is 6.03 Å². The molecule has 1 saturated carbocycles. The second-order valence-corrected chi connectivity index (χ2v) is 6.80. The molecule has 1 N–H and O–H groups in total. The Morgan fingerprint density at radius 3 is 2.74 bits per heavy atom. The van der Waals surface area contributed by atoms with Gasteiger partial charge in [-0.2, -0.15) is 0 Å². The number of pyridine rings is 1. The quantitative estimate of drug-likeness (QED) is 0.928. The van der Waals surface area contributed by atoms with Gasteiger partial charge in [0.1, 0.15) is 0 Å². The summed E-state index contributed by atoms with van der Waals surface area (Å²) in [5.41, 5.74) is 1.07. The Kier molecular flexibility index (Phi) is 5.36. The summed E-state index contributed by atoms with van der Waals surface area (Å²) in [6, 6.07) is 4.45. The number of piperidine rings is 1. The highest BCUT2D eigenvalue weighted by Gasteiger charge is 2.25. The summed E-state index contributed by atoms with van der Waals surface area (Å²) >= 11 is 0. The Bertz CT molecular complexity index is 521. The van der Waals surface area contributed by atoms with Crippen LogP contribution in [0.1, 0.15) is 44.1 Å². The number of ether oxygens (including phenoxy) is 1. The molecule has 0 unspecified atom stereocenters. The van der Waals surface area contributed by atoms with E-state index in [-0.39, 0.29) is 6.03 Å². The van der Waals surface area contributed by atoms with E-state index in [2.05, 4.69) is 10.3 Å². The molecule has 1 saturated heterocycles. The van der Waals surface area contributed by atoms with Crippen LogP contribution in [0.4, 0.5) is 4.79 Å². The molecule has 2 heterocycles. The van der Waals surface area contributed by atoms with E-state index in [1.807, 2.05) is 24.0 Å². The van der Waals surface area contributed by atoms with Crippen LogP contribution in [0.15, 0.2) is 18.3 Å². The molecule has 1 aliphatic carbocycles. The van der Waals surface area contributed by atoms with Gasteiger partial charge in [-0.25, -0.2) is 9.78 Å². The van der Waals surface area contributed by atoms with Crippen LogP contribution in [0, 0.1) is 12.8 Å². The number of carbonyl (C=O) groups is 1. The lowest BCUT2D eigenvalue weighted by atomic mass is 9.98. The summed E-state index contributed by atoms with van der Waals surface area (Å²) in [6.45, 7) is 4.36. The molecule has 5 heteroatoms. The molecule has 23 heavy (non-hydrogen) atoms. The van der Waals surface area contributed by atoms with E-state index in [0.717, 1.165) is 50.2 Å². The molecule has 2 amide bonds. The van der Waals surface area contributed by atoms with Crippen LogP contribution in [0.3, 0.4) is 0 Å². The van der Waals surface area contributed by atoms with Crippen LogP contribution in [-0.2, 0) is 0 Å². The Balaban J connectivity index is 1.39. The Morgan fingerprint density at radius 1 is 1.30 bits per heavy atom. The highest BCUT2D eigenvalue weighted by Crippen LogP contribution is 2.21. The number of amides is 2. The molecule has 1 aliphatic heterocycles. The third kappa shape index (κ3) is 4.36. The van der Waals surface area contributed by atoms with Gasteiger partial charge < -0.3 is 15.0 Å². The highest BCUT2D eigenvalue weighted by molar-refractivity contribution is 5.74. The van der Waals surface area contributed by atoms with Gasteiger partial charge in [-0.15, -0.1) is 0 Å². The molecule has 0 spiro atoms. The maximum Gasteiger partial charge on any atom is 0.317 e. The smallest absolute Gasteiger partial charge is 0.317 e. The summed E-state index contributed by atoms with van der Waals surface area (Å²) in [7, 11) is 0. The Labute approximate surface area is 138 Å². The molecular formula is C18H27N3O2. The molecule has 126 valence electrons. The van der Waals surface area contributed by atoms with Gasteiger partial charge in [0, 0.05) is 30.9 Å². The molecule has 1 aromatic rings. The molecule has 5 nitrogen and oxygen atoms in total. The lowest BCUT2D eigenvalue weighted by Gasteiger charge is -2.32. The number of urea groups is 1. The van der Waals surface area contributed by atoms with Crippen LogP contribution in [-0.4, -0.2) is 41.7 Å². The van der Waals surface area contributed by atoms with Crippen molar-refractivity contribution >= 4 is 6.03 Å². The van der Waals surface area contributed by atoms with Crippen molar-refractivity contribution in [1.29, 1.82) is 0 Å². The lowest BCUT2D eigenvalue weighted by Crippen LogP contribution is -2.47. The molecule has 0 radical (unpaired) electrons. The maximum atomic E-state index is 12.3. The van der Waals surface area contributed by atoms with Gasteiger partial charge in [0.2, 0.25) is 5.88 Å². The van der Waals surface area contributed by atoms with Crippen molar-refractivity contribution in [2.45, 2.75) is 51.5 Å². The Morgan fingerprint density at radius 2 is 2.04 bits per heavy atom. The summed E-state index contributed by atoms with van der Waals surface area (Å²) in [4.78, 5) is 18.5. The summed E-state index contributed by atoms with van der Waals surface area (Å²) in [6.07, 6.45) is 8.54. The number of hydrogen-bond acceptors (Lipinski definition) is 3. The van der Waals surface area contributed by atoms with Gasteiger partial charge in [0.15, 0.2) is 0 Å². The molecule has 2 aliphatic rings. The van der Waals surface area contributed by atoms with Crippen molar-refractivity contribution in [3.8, 4) is 5.88 Å². The number of rotatable bonds is 4. The van der Waals surface area contributed by atoms with E-state index >= 15 is 0 Å². The monoisotopic (exact) mass is 317 g/mol. The van der Waals surface area contributed by atoms with Gasteiger partial charge in [-0.05, 0) is 44.6 Å². The van der Waals surface area contributed by atoms with Gasteiger partial charge in [0.05, 0.1) is 6.61 Å². The lowest BCUT2D eigenvalue weighted by molar-refractivity contribution is 0.141. The van der Waals surface area contributed by atoms with Crippen LogP contribution < -0.4 is 10.1 Å². The Hall–Kier alpha value is -1.78. The average Bonchev–Trinajstić information content (AvgIpc) is 3.07. The number of aromatic nitrogens is 1. The number of hydrogen-bond donors (Lipinski definition) is 1. The largest absolute Gasteiger partial charge is 0.477 e. The first-order valence-corrected chi connectivity index (χ1v) is 8.82. The first-order chi connectivity index (χ1) is 11.2. The maximum absolute atomic E-state index is 12.3. The second kappa shape index (κ2) is 7.66. The van der Waals surface area contributed by atoms with E-state index < -0.39 is 0 Å². The fraction of sp³-hybridized carbons (Fsp3) is 0.667. The van der Waals surface area contributed by atoms with E-state index in [1.165, 1.54) is 12.8 Å². The molecular weight excluding hydrogens is 290 g/mol. The average molecular weight is 317 g/mol. The minimum Gasteiger partial charge on any atom is -0.477 e. The number of carbonyl (C=O) groups excluding carboxylic acids is 1. The zero-order valence-corrected chi connectivity index (χ0v) is 14.0. The fourth-order valence-corrected chi connectivity index (χ4v) is 3.46. The third-order valence-electron chi connectivity index (χ3n) is 5.00. The molecule has 0 aromatic carbocycles. The van der Waals surface area contributed by atoms with Crippen LogP contribution in [0.2, 0.25) is 0 Å². The van der Waals surface area contributed by atoms with Gasteiger partial charge in [-0.1, -0.05) is 18.9 Å². The van der Waals surface area contributed by atoms with E-state index in [0.29, 0.717) is 18.6 Å². The van der Waals surface area contributed by atoms with E-state index in [9.17, 15) is 4.79 Å². The standard InChI is InChI=1S/C18H27N3O2/c1-14-5-4-10-19-17(14)23-13-15-8-11-21(12-9-15)18(22)20-16-6-2-3-7-16/h4-5,10,15-16H,2-3,6-9,11-13H2,1H3,(H,20,22). The zero-order chi connectivity index (χ0) is 16.1. The fourth-order valence-electron chi connectivity index (χ4n) is 3.46. The number of nitrogens with zero attached hydrogens (tertiary/aromatic N) is 2. The normalized spacial score (nSPS) is 19.8. The van der Waals surface area contributed by atoms with Crippen molar-refractivity contribution < 1.29 is 9.53 Å². The first kappa shape index (κ1) is 16.1. The second-order valence-electron chi connectivity index (χ2n) is 6.80. The van der Waals surface area contributed by atoms with Gasteiger partial charge in [-0.3, -0.25) is 0 Å². The molecule has 2 fully saturated rings. The third-order valence-corrected chi connectivity index (χ3v) is 5.00. The first-order valence-electron chi connectivity index (χ1n) is 8.82. The van der Waals surface area contributed by atoms with Crippen LogP contribution in [0.25, 0.3) is 0 Å². The molecule has 0 atom stereocenters. The molecule has 3 rings (SSSR count). The minimum atomic E-state index is 0.122. The van der Waals surface area contributed by atoms with Crippen molar-refractivity contribution in [1.82, 2.24) is 15.2 Å². The summed E-state index contributed by atoms with van der Waals surface area (Å²) in [5.74, 6) is 1.24. The van der Waals surface area contributed by atoms with Crippen molar-refractivity contribution in [2.24, 2.45) is 5.92 Å². The van der Waals surface area contributed by atoms with E-state index in [1.54, 1.807) is 6.20 Å². The van der Waals surface area contributed by atoms with Gasteiger partial charge in [0.25, 0.3) is 0 Å². The molecule has 0 bridgehead atoms. The number of aryl methyl sites for hydroxylation is 1. The summed E-state index contributed by atoms with van der Waals surface area (Å²) in [5, 5.41) is 3.17. The van der Waals surface area contributed by atoms with Crippen molar-refractivity contribution in [3.63, 3.8) is 0 Å². The highest BCUT2D eigenvalue weighted by atomic mass is 16.5. The zero-order valence-electron chi connectivity index (χ0n) is 14.0. The SMILES string of the molecule is Cc1cccnc1OCC1CCN(C(=O)NC2CCCC2)CC1. The molecule has 1 aromatic heterocycles. The predicted octanol–water partition coefficient (Wildman–Crippen LogP) is 3.13. The van der Waals surface area contributed by atoms with Crippen LogP contribution >= 0.6 is 0 Å². The summed E-state index contributed by atoms with van der Waals surface area (Å²) < 4.78 is 5.85. The van der Waals surface area contributed by atoms with Crippen molar-refractivity contribution in [3.05, 3.63) is 23.9 Å². The van der Waals surface area contributed by atoms with E-state index in [4.69, 9.17) is 4.74 Å². The number of likely N-dealkylation sites (tertiary alicyclic amines) is 1. The van der Waals surface area contributed by atoms with Crippen LogP contribution in [0.5, 0.6) is 5.88 Å². The predicted molar refractivity (Wildman–Crippen MR) is 89.6 cm³/mol. The topological polar surface area (TPSA) is 54.5 Å². The van der Waals surface area contributed by atoms with Crippen molar-refractivity contribution in [2.75, 3.05) is 19.7 Å². The minimum absolute atomic E-state index is 0.122.